The molecule has 218 valence electrons. The summed E-state index contributed by atoms with van der Waals surface area (Å²) in [5.41, 5.74) is 2.75. The Morgan fingerprint density at radius 3 is 2.27 bits per heavy atom. The van der Waals surface area contributed by atoms with E-state index in [2.05, 4.69) is 5.32 Å². The molecule has 0 heterocycles. The number of nitrogens with one attached hydrogen (secondary N) is 1. The summed E-state index contributed by atoms with van der Waals surface area (Å²) < 4.78 is 29.2. The fraction of sp³-hybridized carbons (Fsp3) is 0.375. The van der Waals surface area contributed by atoms with Gasteiger partial charge in [-0.15, -0.1) is 0 Å². The van der Waals surface area contributed by atoms with Crippen molar-refractivity contribution in [3.63, 3.8) is 0 Å². The molecule has 0 saturated heterocycles. The van der Waals surface area contributed by atoms with Crippen LogP contribution in [0.5, 0.6) is 0 Å². The van der Waals surface area contributed by atoms with E-state index in [1.165, 1.54) is 17.0 Å². The van der Waals surface area contributed by atoms with Gasteiger partial charge in [-0.2, -0.15) is 0 Å². The number of amides is 2. The van der Waals surface area contributed by atoms with E-state index in [0.29, 0.717) is 22.7 Å². The van der Waals surface area contributed by atoms with Crippen molar-refractivity contribution in [1.29, 1.82) is 0 Å². The average molecular weight is 596 g/mol. The monoisotopic (exact) mass is 595 g/mol. The Hall–Kier alpha value is -3.36. The van der Waals surface area contributed by atoms with Gasteiger partial charge < -0.3 is 10.2 Å². The number of sulfonamides is 1. The third-order valence-electron chi connectivity index (χ3n) is 7.84. The molecule has 0 aliphatic heterocycles. The minimum absolute atomic E-state index is 0.0706. The second-order valence-corrected chi connectivity index (χ2v) is 12.8. The highest BCUT2D eigenvalue weighted by molar-refractivity contribution is 7.92. The third-order valence-corrected chi connectivity index (χ3v) is 9.98. The first-order chi connectivity index (χ1) is 19.6. The number of carbonyl (C=O) groups is 2. The Morgan fingerprint density at radius 1 is 0.951 bits per heavy atom. The van der Waals surface area contributed by atoms with Gasteiger partial charge in [-0.3, -0.25) is 13.9 Å². The van der Waals surface area contributed by atoms with Gasteiger partial charge in [-0.25, -0.2) is 8.42 Å². The lowest BCUT2D eigenvalue weighted by Crippen LogP contribution is -2.53. The Morgan fingerprint density at radius 2 is 1.61 bits per heavy atom. The first-order valence-corrected chi connectivity index (χ1v) is 15.9. The van der Waals surface area contributed by atoms with Crippen LogP contribution in [0, 0.1) is 13.8 Å². The highest BCUT2D eigenvalue weighted by atomic mass is 35.5. The molecule has 0 bridgehead atoms. The molecule has 4 rings (SSSR count). The first-order valence-electron chi connectivity index (χ1n) is 14.1. The molecule has 1 fully saturated rings. The number of nitrogens with zero attached hydrogens (tertiary/aromatic N) is 2. The number of hydrogen-bond acceptors (Lipinski definition) is 4. The molecule has 9 heteroatoms. The van der Waals surface area contributed by atoms with Crippen molar-refractivity contribution >= 4 is 39.1 Å². The van der Waals surface area contributed by atoms with Crippen molar-refractivity contribution in [3.8, 4) is 0 Å². The smallest absolute Gasteiger partial charge is 0.264 e. The van der Waals surface area contributed by atoms with Crippen molar-refractivity contribution in [3.05, 3.63) is 94.5 Å². The van der Waals surface area contributed by atoms with Crippen LogP contribution in [0.4, 0.5) is 5.69 Å². The van der Waals surface area contributed by atoms with Gasteiger partial charge in [0.05, 0.1) is 10.6 Å². The molecule has 1 unspecified atom stereocenters. The van der Waals surface area contributed by atoms with Gasteiger partial charge in [0.1, 0.15) is 12.6 Å². The fourth-order valence-electron chi connectivity index (χ4n) is 5.34. The molecule has 1 aliphatic rings. The standard InChI is InChI=1S/C32H38ClN3O4S/c1-4-29(32(38)34-26-15-9-10-16-26)35(21-25-14-8-11-19-28(25)33)31(37)22-36(30-20-12-13-23(2)24(30)3)41(39,40)27-17-6-5-7-18-27/h5-8,11-14,17-20,26,29H,4,9-10,15-16,21-22H2,1-3H3,(H,34,38). The normalized spacial score (nSPS) is 14.4. The van der Waals surface area contributed by atoms with Crippen LogP contribution in [0.25, 0.3) is 0 Å². The highest BCUT2D eigenvalue weighted by Crippen LogP contribution is 2.29. The molecule has 1 aliphatic carbocycles. The van der Waals surface area contributed by atoms with Crippen molar-refractivity contribution < 1.29 is 18.0 Å². The fourth-order valence-corrected chi connectivity index (χ4v) is 7.02. The van der Waals surface area contributed by atoms with Crippen LogP contribution in [0.2, 0.25) is 5.02 Å². The maximum absolute atomic E-state index is 14.3. The SMILES string of the molecule is CCC(C(=O)NC1CCCC1)N(Cc1ccccc1Cl)C(=O)CN(c1cccc(C)c1C)S(=O)(=O)c1ccccc1. The zero-order chi connectivity index (χ0) is 29.6. The topological polar surface area (TPSA) is 86.8 Å². The maximum atomic E-state index is 14.3. The zero-order valence-electron chi connectivity index (χ0n) is 23.8. The Labute approximate surface area is 248 Å². The Balaban J connectivity index is 1.75. The summed E-state index contributed by atoms with van der Waals surface area (Å²) in [5, 5.41) is 3.60. The van der Waals surface area contributed by atoms with Crippen molar-refractivity contribution in [1.82, 2.24) is 10.2 Å². The van der Waals surface area contributed by atoms with E-state index in [1.54, 1.807) is 42.5 Å². The quantitative estimate of drug-likeness (QED) is 0.294. The van der Waals surface area contributed by atoms with Crippen LogP contribution in [0.15, 0.2) is 77.7 Å². The lowest BCUT2D eigenvalue weighted by atomic mass is 10.1. The molecule has 0 radical (unpaired) electrons. The second-order valence-electron chi connectivity index (χ2n) is 10.6. The average Bonchev–Trinajstić information content (AvgIpc) is 3.47. The predicted molar refractivity (Wildman–Crippen MR) is 163 cm³/mol. The minimum atomic E-state index is -4.12. The summed E-state index contributed by atoms with van der Waals surface area (Å²) in [4.78, 5) is 29.4. The van der Waals surface area contributed by atoms with Crippen LogP contribution in [-0.2, 0) is 26.2 Å². The van der Waals surface area contributed by atoms with Crippen LogP contribution >= 0.6 is 11.6 Å². The number of aryl methyl sites for hydroxylation is 1. The minimum Gasteiger partial charge on any atom is -0.352 e. The van der Waals surface area contributed by atoms with Crippen LogP contribution in [-0.4, -0.2) is 43.8 Å². The molecule has 1 saturated carbocycles. The number of anilines is 1. The molecule has 3 aromatic carbocycles. The molecule has 41 heavy (non-hydrogen) atoms. The zero-order valence-corrected chi connectivity index (χ0v) is 25.4. The largest absolute Gasteiger partial charge is 0.352 e. The molecule has 7 nitrogen and oxygen atoms in total. The van der Waals surface area contributed by atoms with E-state index >= 15 is 0 Å². The molecule has 1 atom stereocenters. The van der Waals surface area contributed by atoms with Gasteiger partial charge in [-0.1, -0.05) is 79.9 Å². The number of halogens is 1. The lowest BCUT2D eigenvalue weighted by Gasteiger charge is -2.34. The molecular weight excluding hydrogens is 558 g/mol. The summed E-state index contributed by atoms with van der Waals surface area (Å²) >= 11 is 6.49. The molecule has 2 amide bonds. The van der Waals surface area contributed by atoms with E-state index in [4.69, 9.17) is 11.6 Å². The summed E-state index contributed by atoms with van der Waals surface area (Å²) in [6.45, 7) is 5.20. The summed E-state index contributed by atoms with van der Waals surface area (Å²) in [7, 11) is -4.12. The van der Waals surface area contributed by atoms with E-state index in [0.717, 1.165) is 41.1 Å². The maximum Gasteiger partial charge on any atom is 0.264 e. The number of rotatable bonds is 11. The Bertz CT molecular complexity index is 1470. The van der Waals surface area contributed by atoms with Gasteiger partial charge in [0, 0.05) is 17.6 Å². The third kappa shape index (κ3) is 7.11. The van der Waals surface area contributed by atoms with Crippen molar-refractivity contribution in [2.45, 2.75) is 76.4 Å². The summed E-state index contributed by atoms with van der Waals surface area (Å²) in [6, 6.07) is 19.9. The van der Waals surface area contributed by atoms with E-state index in [1.807, 2.05) is 39.0 Å². The predicted octanol–water partition coefficient (Wildman–Crippen LogP) is 6.02. The first kappa shape index (κ1) is 30.6. The number of carbonyl (C=O) groups excluding carboxylic acids is 2. The summed E-state index contributed by atoms with van der Waals surface area (Å²) in [5.74, 6) is -0.720. The van der Waals surface area contributed by atoms with Crippen LogP contribution in [0.1, 0.15) is 55.7 Å². The highest BCUT2D eigenvalue weighted by Gasteiger charge is 2.35. The molecule has 0 aromatic heterocycles. The molecule has 0 spiro atoms. The van der Waals surface area contributed by atoms with Gasteiger partial charge in [-0.05, 0) is 74.1 Å². The molecule has 1 N–H and O–H groups in total. The van der Waals surface area contributed by atoms with Crippen molar-refractivity contribution in [2.24, 2.45) is 0 Å². The van der Waals surface area contributed by atoms with Gasteiger partial charge in [0.2, 0.25) is 11.8 Å². The number of benzene rings is 3. The van der Waals surface area contributed by atoms with Gasteiger partial charge >= 0.3 is 0 Å². The van der Waals surface area contributed by atoms with Crippen LogP contribution < -0.4 is 9.62 Å². The molecular formula is C32H38ClN3O4S. The van der Waals surface area contributed by atoms with Crippen molar-refractivity contribution in [2.75, 3.05) is 10.8 Å². The second kappa shape index (κ2) is 13.5. The van der Waals surface area contributed by atoms with Gasteiger partial charge in [0.15, 0.2) is 0 Å². The molecule has 3 aromatic rings. The summed E-state index contributed by atoms with van der Waals surface area (Å²) in [6.07, 6.45) is 4.31. The van der Waals surface area contributed by atoms with E-state index < -0.39 is 28.5 Å². The van der Waals surface area contributed by atoms with Crippen LogP contribution in [0.3, 0.4) is 0 Å². The van der Waals surface area contributed by atoms with E-state index in [-0.39, 0.29) is 23.4 Å². The van der Waals surface area contributed by atoms with E-state index in [9.17, 15) is 18.0 Å². The number of hydrogen-bond donors (Lipinski definition) is 1. The Kier molecular flexibility index (Phi) is 10.1. The lowest BCUT2D eigenvalue weighted by molar-refractivity contribution is -0.140. The van der Waals surface area contributed by atoms with Gasteiger partial charge in [0.25, 0.3) is 10.0 Å².